The van der Waals surface area contributed by atoms with Crippen LogP contribution in [-0.2, 0) is 16.0 Å². The fourth-order valence-electron chi connectivity index (χ4n) is 5.09. The minimum atomic E-state index is -2.77. The van der Waals surface area contributed by atoms with Crippen molar-refractivity contribution in [2.75, 3.05) is 13.1 Å². The van der Waals surface area contributed by atoms with Crippen LogP contribution < -0.4 is 5.32 Å². The Morgan fingerprint density at radius 2 is 1.89 bits per heavy atom. The van der Waals surface area contributed by atoms with Crippen molar-refractivity contribution in [2.24, 2.45) is 11.3 Å². The summed E-state index contributed by atoms with van der Waals surface area (Å²) in [5.41, 5.74) is 1.91. The Bertz CT molecular complexity index is 764. The molecule has 0 radical (unpaired) electrons. The zero-order valence-corrected chi connectivity index (χ0v) is 16.3. The Kier molecular flexibility index (Phi) is 4.92. The number of alkyl halides is 2. The maximum atomic E-state index is 13.6. The molecule has 0 aromatic heterocycles. The van der Waals surface area contributed by atoms with E-state index in [0.717, 1.165) is 36.8 Å². The molecule has 1 saturated heterocycles. The topological polar surface area (TPSA) is 49.4 Å². The summed E-state index contributed by atoms with van der Waals surface area (Å²) in [5, 5.41) is 2.60. The van der Waals surface area contributed by atoms with Crippen LogP contribution in [0, 0.1) is 18.3 Å². The third-order valence-corrected chi connectivity index (χ3v) is 7.03. The van der Waals surface area contributed by atoms with E-state index >= 15 is 0 Å². The molecule has 28 heavy (non-hydrogen) atoms. The Labute approximate surface area is 164 Å². The number of halogens is 2. The minimum absolute atomic E-state index is 0.0808. The molecule has 6 heteroatoms. The van der Waals surface area contributed by atoms with Crippen molar-refractivity contribution in [3.63, 3.8) is 0 Å². The summed E-state index contributed by atoms with van der Waals surface area (Å²) in [7, 11) is 0. The molecule has 0 bridgehead atoms. The standard InChI is InChI=1S/C22H28F2N2O2/c1-15-4-6-16(7-5-15)13-19(27)26-12-11-21(14-26)9-2-3-17(21)20(28)25-18-8-10-22(18,23)24/h4-7,17-18H,2-3,8-14H2,1H3,(H,25,28)/t17-,18-,21+/m0/s1. The van der Waals surface area contributed by atoms with Crippen LogP contribution in [0.15, 0.2) is 24.3 Å². The van der Waals surface area contributed by atoms with E-state index in [1.165, 1.54) is 0 Å². The predicted octanol–water partition coefficient (Wildman–Crippen LogP) is 3.47. The van der Waals surface area contributed by atoms with Crippen LogP contribution in [0.25, 0.3) is 0 Å². The second kappa shape index (κ2) is 7.12. The lowest BCUT2D eigenvalue weighted by molar-refractivity contribution is -0.142. The van der Waals surface area contributed by atoms with Crippen molar-refractivity contribution in [2.45, 2.75) is 63.8 Å². The Balaban J connectivity index is 1.38. The van der Waals surface area contributed by atoms with E-state index in [1.54, 1.807) is 0 Å². The SMILES string of the molecule is Cc1ccc(CC(=O)N2CC[C@]3(CCC[C@H]3C(=O)N[C@H]3CCC3(F)F)C2)cc1. The second-order valence-corrected chi connectivity index (χ2v) is 8.90. The van der Waals surface area contributed by atoms with E-state index in [2.05, 4.69) is 5.32 Å². The van der Waals surface area contributed by atoms with Crippen molar-refractivity contribution >= 4 is 11.8 Å². The first-order chi connectivity index (χ1) is 13.3. The first-order valence-electron chi connectivity index (χ1n) is 10.3. The van der Waals surface area contributed by atoms with Crippen LogP contribution in [0.2, 0.25) is 0 Å². The van der Waals surface area contributed by atoms with Crippen LogP contribution in [0.1, 0.15) is 49.7 Å². The predicted molar refractivity (Wildman–Crippen MR) is 102 cm³/mol. The van der Waals surface area contributed by atoms with Gasteiger partial charge in [0, 0.05) is 30.8 Å². The van der Waals surface area contributed by atoms with E-state index in [4.69, 9.17) is 0 Å². The second-order valence-electron chi connectivity index (χ2n) is 8.90. The molecule has 0 unspecified atom stereocenters. The number of aryl methyl sites for hydroxylation is 1. The van der Waals surface area contributed by atoms with Gasteiger partial charge in [0.2, 0.25) is 11.8 Å². The number of nitrogens with zero attached hydrogens (tertiary/aromatic N) is 1. The molecule has 1 spiro atoms. The number of hydrogen-bond donors (Lipinski definition) is 1. The van der Waals surface area contributed by atoms with Gasteiger partial charge >= 0.3 is 0 Å². The smallest absolute Gasteiger partial charge is 0.267 e. The Hall–Kier alpha value is -1.98. The summed E-state index contributed by atoms with van der Waals surface area (Å²) in [6, 6.07) is 6.94. The maximum Gasteiger partial charge on any atom is 0.267 e. The fraction of sp³-hybridized carbons (Fsp3) is 0.636. The molecule has 2 saturated carbocycles. The van der Waals surface area contributed by atoms with E-state index in [9.17, 15) is 18.4 Å². The number of benzene rings is 1. The maximum absolute atomic E-state index is 13.6. The highest BCUT2D eigenvalue weighted by molar-refractivity contribution is 5.82. The summed E-state index contributed by atoms with van der Waals surface area (Å²) in [5.74, 6) is -3.19. The van der Waals surface area contributed by atoms with Gasteiger partial charge in [-0.2, -0.15) is 0 Å². The molecule has 1 aliphatic heterocycles. The van der Waals surface area contributed by atoms with Crippen LogP contribution in [0.5, 0.6) is 0 Å². The van der Waals surface area contributed by atoms with Gasteiger partial charge in [0.25, 0.3) is 5.92 Å². The van der Waals surface area contributed by atoms with Gasteiger partial charge in [-0.3, -0.25) is 9.59 Å². The van der Waals surface area contributed by atoms with Gasteiger partial charge in [0.1, 0.15) is 0 Å². The summed E-state index contributed by atoms with van der Waals surface area (Å²) in [6.45, 7) is 3.23. The summed E-state index contributed by atoms with van der Waals surface area (Å²) in [4.78, 5) is 27.4. The molecule has 1 heterocycles. The van der Waals surface area contributed by atoms with Crippen molar-refractivity contribution in [3.8, 4) is 0 Å². The monoisotopic (exact) mass is 390 g/mol. The zero-order valence-electron chi connectivity index (χ0n) is 16.3. The number of hydrogen-bond acceptors (Lipinski definition) is 2. The molecule has 4 nitrogen and oxygen atoms in total. The molecule has 4 rings (SSSR count). The highest BCUT2D eigenvalue weighted by atomic mass is 19.3. The molecule has 1 aromatic rings. The van der Waals surface area contributed by atoms with E-state index in [1.807, 2.05) is 36.1 Å². The van der Waals surface area contributed by atoms with Gasteiger partial charge in [-0.1, -0.05) is 36.2 Å². The van der Waals surface area contributed by atoms with Crippen LogP contribution in [-0.4, -0.2) is 41.8 Å². The average Bonchev–Trinajstić information content (AvgIpc) is 3.28. The van der Waals surface area contributed by atoms with Crippen LogP contribution >= 0.6 is 0 Å². The highest BCUT2D eigenvalue weighted by Crippen LogP contribution is 2.50. The van der Waals surface area contributed by atoms with Gasteiger partial charge in [-0.25, -0.2) is 8.78 Å². The normalized spacial score (nSPS) is 31.0. The summed E-state index contributed by atoms with van der Waals surface area (Å²) >= 11 is 0. The molecular formula is C22H28F2N2O2. The molecule has 2 aliphatic carbocycles. The molecule has 2 amide bonds. The van der Waals surface area contributed by atoms with Gasteiger partial charge < -0.3 is 10.2 Å². The minimum Gasteiger partial charge on any atom is -0.347 e. The van der Waals surface area contributed by atoms with Crippen LogP contribution in [0.3, 0.4) is 0 Å². The van der Waals surface area contributed by atoms with E-state index < -0.39 is 12.0 Å². The number of amides is 2. The average molecular weight is 390 g/mol. The number of likely N-dealkylation sites (tertiary alicyclic amines) is 1. The van der Waals surface area contributed by atoms with Crippen molar-refractivity contribution < 1.29 is 18.4 Å². The lowest BCUT2D eigenvalue weighted by atomic mass is 9.76. The van der Waals surface area contributed by atoms with Crippen molar-refractivity contribution in [1.82, 2.24) is 10.2 Å². The van der Waals surface area contributed by atoms with E-state index in [-0.39, 0.29) is 29.6 Å². The quantitative estimate of drug-likeness (QED) is 0.856. The Morgan fingerprint density at radius 1 is 1.14 bits per heavy atom. The molecule has 3 aliphatic rings. The first kappa shape index (κ1) is 19.3. The molecule has 3 fully saturated rings. The van der Waals surface area contributed by atoms with Crippen molar-refractivity contribution in [1.29, 1.82) is 0 Å². The molecule has 3 atom stereocenters. The van der Waals surface area contributed by atoms with Gasteiger partial charge in [0.15, 0.2) is 0 Å². The lowest BCUT2D eigenvalue weighted by Crippen LogP contribution is -2.57. The number of rotatable bonds is 4. The number of nitrogens with one attached hydrogen (secondary N) is 1. The Morgan fingerprint density at radius 3 is 2.54 bits per heavy atom. The fourth-order valence-corrected chi connectivity index (χ4v) is 5.09. The highest BCUT2D eigenvalue weighted by Gasteiger charge is 2.54. The third-order valence-electron chi connectivity index (χ3n) is 7.03. The third kappa shape index (κ3) is 3.53. The summed E-state index contributed by atoms with van der Waals surface area (Å²) < 4.78 is 27.1. The molecule has 1 aromatic carbocycles. The number of carbonyl (C=O) groups is 2. The molecular weight excluding hydrogens is 362 g/mol. The van der Waals surface area contributed by atoms with E-state index in [0.29, 0.717) is 25.9 Å². The zero-order chi connectivity index (χ0) is 19.9. The van der Waals surface area contributed by atoms with Gasteiger partial charge in [-0.15, -0.1) is 0 Å². The molecule has 1 N–H and O–H groups in total. The first-order valence-corrected chi connectivity index (χ1v) is 10.3. The van der Waals surface area contributed by atoms with Crippen LogP contribution in [0.4, 0.5) is 8.78 Å². The lowest BCUT2D eigenvalue weighted by Gasteiger charge is -2.39. The molecule has 152 valence electrons. The number of carbonyl (C=O) groups excluding carboxylic acids is 2. The van der Waals surface area contributed by atoms with Crippen molar-refractivity contribution in [3.05, 3.63) is 35.4 Å². The summed E-state index contributed by atoms with van der Waals surface area (Å²) in [6.07, 6.45) is 3.88. The van der Waals surface area contributed by atoms with Gasteiger partial charge in [0.05, 0.1) is 12.5 Å². The van der Waals surface area contributed by atoms with Gasteiger partial charge in [-0.05, 0) is 38.2 Å². The largest absolute Gasteiger partial charge is 0.347 e.